The molecule has 0 spiro atoms. The van der Waals surface area contributed by atoms with Crippen LogP contribution in [-0.4, -0.2) is 54.2 Å². The van der Waals surface area contributed by atoms with E-state index in [1.165, 1.54) is 24.3 Å². The van der Waals surface area contributed by atoms with Crippen LogP contribution in [0.25, 0.3) is 0 Å². The van der Waals surface area contributed by atoms with E-state index in [0.717, 1.165) is 12.1 Å². The molecule has 0 radical (unpaired) electrons. The van der Waals surface area contributed by atoms with Crippen LogP contribution in [-0.2, 0) is 33.5 Å². The van der Waals surface area contributed by atoms with E-state index in [9.17, 15) is 37.1 Å². The van der Waals surface area contributed by atoms with E-state index >= 15 is 0 Å². The molecule has 1 aliphatic rings. The first-order valence-electron chi connectivity index (χ1n) is 12.8. The minimum absolute atomic E-state index is 0.0139. The van der Waals surface area contributed by atoms with Gasteiger partial charge in [-0.15, -0.1) is 0 Å². The fourth-order valence-corrected chi connectivity index (χ4v) is 4.26. The lowest BCUT2D eigenvalue weighted by Gasteiger charge is -2.27. The lowest BCUT2D eigenvalue weighted by atomic mass is 9.99. The molecule has 6 N–H and O–H groups in total. The van der Waals surface area contributed by atoms with Gasteiger partial charge in [-0.3, -0.25) is 14.4 Å². The molecule has 1 aliphatic heterocycles. The minimum atomic E-state index is -4.51. The Hall–Kier alpha value is -3.71. The van der Waals surface area contributed by atoms with Crippen LogP contribution in [0.1, 0.15) is 42.4 Å². The van der Waals surface area contributed by atoms with Gasteiger partial charge in [0.1, 0.15) is 17.6 Å². The Morgan fingerprint density at radius 3 is 2.65 bits per heavy atom. The summed E-state index contributed by atoms with van der Waals surface area (Å²) >= 11 is 0. The number of hydrogen-bond acceptors (Lipinski definition) is 6. The van der Waals surface area contributed by atoms with Gasteiger partial charge in [0.05, 0.1) is 30.7 Å². The van der Waals surface area contributed by atoms with E-state index in [-0.39, 0.29) is 38.3 Å². The number of carbonyl (C=O) groups excluding carboxylic acids is 3. The van der Waals surface area contributed by atoms with Crippen molar-refractivity contribution in [3.8, 4) is 5.75 Å². The van der Waals surface area contributed by atoms with Gasteiger partial charge < -0.3 is 31.5 Å². The van der Waals surface area contributed by atoms with Gasteiger partial charge in [0.25, 0.3) is 0 Å². The quantitative estimate of drug-likeness (QED) is 0.323. The molecule has 13 heteroatoms. The average Bonchev–Trinajstić information content (AvgIpc) is 2.86. The van der Waals surface area contributed by atoms with Crippen LogP contribution < -0.4 is 26.4 Å². The SMILES string of the molecule is NC(=O)CC1NC(=O)CCCCOc2cc(F)cc(c2)C[C@@H]([C@H](O)CNCc2cccc(C(F)(F)F)c2)NC1=O. The number of amides is 3. The van der Waals surface area contributed by atoms with Gasteiger partial charge in [-0.1, -0.05) is 18.2 Å². The molecule has 40 heavy (non-hydrogen) atoms. The smallest absolute Gasteiger partial charge is 0.416 e. The maximum Gasteiger partial charge on any atom is 0.416 e. The summed E-state index contributed by atoms with van der Waals surface area (Å²) in [5.41, 5.74) is 5.17. The summed E-state index contributed by atoms with van der Waals surface area (Å²) in [4.78, 5) is 37.0. The number of fused-ring (bicyclic) bond motifs is 2. The number of alkyl halides is 3. The van der Waals surface area contributed by atoms with Gasteiger partial charge in [0, 0.05) is 25.6 Å². The highest BCUT2D eigenvalue weighted by Gasteiger charge is 2.31. The summed E-state index contributed by atoms with van der Waals surface area (Å²) in [7, 11) is 0. The topological polar surface area (TPSA) is 143 Å². The maximum absolute atomic E-state index is 14.3. The van der Waals surface area contributed by atoms with Crippen LogP contribution in [0.3, 0.4) is 0 Å². The Morgan fingerprint density at radius 1 is 1.15 bits per heavy atom. The molecule has 1 heterocycles. The van der Waals surface area contributed by atoms with Gasteiger partial charge in [0.15, 0.2) is 0 Å². The van der Waals surface area contributed by atoms with Crippen LogP contribution in [0.2, 0.25) is 0 Å². The Bertz CT molecular complexity index is 1190. The second kappa shape index (κ2) is 14.1. The van der Waals surface area contributed by atoms with Gasteiger partial charge in [-0.2, -0.15) is 13.2 Å². The Morgan fingerprint density at radius 2 is 1.93 bits per heavy atom. The van der Waals surface area contributed by atoms with E-state index in [0.29, 0.717) is 24.0 Å². The molecule has 1 unspecified atom stereocenters. The zero-order valence-electron chi connectivity index (χ0n) is 21.6. The number of rotatable bonds is 7. The molecule has 0 aliphatic carbocycles. The van der Waals surface area contributed by atoms with E-state index in [1.54, 1.807) is 6.07 Å². The molecule has 0 aromatic heterocycles. The molecule has 218 valence electrons. The molecule has 0 fully saturated rings. The van der Waals surface area contributed by atoms with Crippen molar-refractivity contribution in [1.29, 1.82) is 0 Å². The van der Waals surface area contributed by atoms with Crippen molar-refractivity contribution in [2.75, 3.05) is 13.2 Å². The number of ether oxygens (including phenoxy) is 1. The number of benzene rings is 2. The highest BCUT2D eigenvalue weighted by molar-refractivity contribution is 5.91. The van der Waals surface area contributed by atoms with Crippen LogP contribution in [0.15, 0.2) is 42.5 Å². The third-order valence-electron chi connectivity index (χ3n) is 6.24. The molecule has 2 aromatic carbocycles. The minimum Gasteiger partial charge on any atom is -0.493 e. The van der Waals surface area contributed by atoms with Gasteiger partial charge in [0.2, 0.25) is 17.7 Å². The van der Waals surface area contributed by atoms with Crippen molar-refractivity contribution >= 4 is 17.7 Å². The second-order valence-electron chi connectivity index (χ2n) is 9.61. The van der Waals surface area contributed by atoms with Crippen molar-refractivity contribution in [2.24, 2.45) is 5.73 Å². The summed E-state index contributed by atoms with van der Waals surface area (Å²) < 4.78 is 59.0. The van der Waals surface area contributed by atoms with Crippen LogP contribution in [0, 0.1) is 5.82 Å². The third-order valence-corrected chi connectivity index (χ3v) is 6.24. The zero-order chi connectivity index (χ0) is 29.3. The van der Waals surface area contributed by atoms with Crippen molar-refractivity contribution in [2.45, 2.75) is 63.0 Å². The first kappa shape index (κ1) is 30.8. The summed E-state index contributed by atoms with van der Waals surface area (Å²) in [6.07, 6.45) is -5.42. The molecule has 9 nitrogen and oxygen atoms in total. The normalized spacial score (nSPS) is 19.8. The van der Waals surface area contributed by atoms with E-state index in [4.69, 9.17) is 10.5 Å². The average molecular weight is 569 g/mol. The molecular formula is C27H32F4N4O5. The Balaban J connectivity index is 1.80. The molecule has 2 bridgehead atoms. The van der Waals surface area contributed by atoms with Crippen molar-refractivity contribution in [3.05, 3.63) is 65.0 Å². The van der Waals surface area contributed by atoms with Crippen LogP contribution >= 0.6 is 0 Å². The summed E-state index contributed by atoms with van der Waals surface area (Å²) in [5, 5.41) is 18.9. The predicted molar refractivity (Wildman–Crippen MR) is 136 cm³/mol. The number of aliphatic hydroxyl groups excluding tert-OH is 1. The molecule has 3 amide bonds. The Kier molecular flexibility index (Phi) is 10.8. The summed E-state index contributed by atoms with van der Waals surface area (Å²) in [6, 6.07) is 6.32. The predicted octanol–water partition coefficient (Wildman–Crippen LogP) is 1.95. The highest BCUT2D eigenvalue weighted by Crippen LogP contribution is 2.29. The van der Waals surface area contributed by atoms with Crippen molar-refractivity contribution in [1.82, 2.24) is 16.0 Å². The number of nitrogens with one attached hydrogen (secondary N) is 3. The lowest BCUT2D eigenvalue weighted by Crippen LogP contribution is -2.55. The van der Waals surface area contributed by atoms with Crippen molar-refractivity contribution < 1.29 is 41.8 Å². The number of nitrogens with two attached hydrogens (primary N) is 1. The number of primary amides is 1. The number of halogens is 4. The molecule has 0 saturated carbocycles. The standard InChI is InChI=1S/C27H32F4N4O5/c28-19-9-17-10-20(12-19)40-7-2-1-6-25(38)34-22(13-24(32)37)26(39)35-21(11-17)23(36)15-33-14-16-4-3-5-18(8-16)27(29,30)31/h3-5,8-10,12,21-23,33,36H,1-2,6-7,11,13-15H2,(H2,32,37)(H,34,38)(H,35,39)/t21-,22?,23+/m0/s1. The van der Waals surface area contributed by atoms with E-state index in [1.807, 2.05) is 0 Å². The summed E-state index contributed by atoms with van der Waals surface area (Å²) in [5.74, 6) is -2.45. The third kappa shape index (κ3) is 9.79. The molecule has 3 rings (SSSR count). The summed E-state index contributed by atoms with van der Waals surface area (Å²) in [6.45, 7) is 0.0379. The molecular weight excluding hydrogens is 536 g/mol. The van der Waals surface area contributed by atoms with Gasteiger partial charge >= 0.3 is 6.18 Å². The number of aliphatic hydroxyl groups is 1. The second-order valence-corrected chi connectivity index (χ2v) is 9.61. The monoisotopic (exact) mass is 568 g/mol. The number of carbonyl (C=O) groups is 3. The molecule has 3 atom stereocenters. The first-order valence-corrected chi connectivity index (χ1v) is 12.8. The molecule has 0 saturated heterocycles. The lowest BCUT2D eigenvalue weighted by molar-refractivity contribution is -0.137. The van der Waals surface area contributed by atoms with Gasteiger partial charge in [-0.25, -0.2) is 4.39 Å². The van der Waals surface area contributed by atoms with Crippen molar-refractivity contribution in [3.63, 3.8) is 0 Å². The Labute approximate surface area is 228 Å². The van der Waals surface area contributed by atoms with E-state index < -0.39 is 59.9 Å². The van der Waals surface area contributed by atoms with E-state index in [2.05, 4.69) is 16.0 Å². The zero-order valence-corrected chi connectivity index (χ0v) is 21.6. The van der Waals surface area contributed by atoms with Crippen LogP contribution in [0.5, 0.6) is 5.75 Å². The molecule has 2 aromatic rings. The van der Waals surface area contributed by atoms with Gasteiger partial charge in [-0.05, 0) is 48.6 Å². The largest absolute Gasteiger partial charge is 0.493 e. The highest BCUT2D eigenvalue weighted by atomic mass is 19.4. The fourth-order valence-electron chi connectivity index (χ4n) is 4.26. The number of hydrogen-bond donors (Lipinski definition) is 5. The van der Waals surface area contributed by atoms with Crippen LogP contribution in [0.4, 0.5) is 17.6 Å². The maximum atomic E-state index is 14.3. The first-order chi connectivity index (χ1) is 18.9. The fraction of sp³-hybridized carbons (Fsp3) is 0.444.